The van der Waals surface area contributed by atoms with Gasteiger partial charge in [-0.2, -0.15) is 0 Å². The third-order valence-corrected chi connectivity index (χ3v) is 7.04. The normalized spacial score (nSPS) is 20.5. The van der Waals surface area contributed by atoms with Gasteiger partial charge in [-0.05, 0) is 49.0 Å². The van der Waals surface area contributed by atoms with E-state index in [2.05, 4.69) is 33.4 Å². The van der Waals surface area contributed by atoms with Gasteiger partial charge in [0, 0.05) is 49.2 Å². The van der Waals surface area contributed by atoms with Gasteiger partial charge in [-0.25, -0.2) is 0 Å². The van der Waals surface area contributed by atoms with Crippen molar-refractivity contribution in [3.05, 3.63) is 46.2 Å². The molecule has 2 fully saturated rings. The summed E-state index contributed by atoms with van der Waals surface area (Å²) in [6, 6.07) is 10.4. The fourth-order valence-electron chi connectivity index (χ4n) is 4.52. The standard InChI is InChI=1S/C23H31N3O3S/c1-28-18-7-8-22(29-2)20(15-18)21-6-3-9-26(21)17-23(27)25-12-10-24(11-13-25)16-19-5-4-14-30-19/h4-5,7-8,14-15,21H,3,6,9-13,16-17H2,1-2H3/t21-/m0/s1. The Bertz CT molecular complexity index is 834. The second kappa shape index (κ2) is 9.81. The number of thiophene rings is 1. The smallest absolute Gasteiger partial charge is 0.236 e. The fraction of sp³-hybridized carbons (Fsp3) is 0.522. The zero-order chi connectivity index (χ0) is 20.9. The average Bonchev–Trinajstić information content (AvgIpc) is 3.46. The zero-order valence-corrected chi connectivity index (χ0v) is 18.7. The van der Waals surface area contributed by atoms with Crippen LogP contribution in [-0.4, -0.2) is 74.1 Å². The maximum atomic E-state index is 13.0. The number of carbonyl (C=O) groups is 1. The number of nitrogens with zero attached hydrogens (tertiary/aromatic N) is 3. The SMILES string of the molecule is COc1ccc(OC)c([C@@H]2CCCN2CC(=O)N2CCN(Cc3cccs3)CC2)c1. The van der Waals surface area contributed by atoms with Crippen molar-refractivity contribution < 1.29 is 14.3 Å². The van der Waals surface area contributed by atoms with E-state index in [1.165, 1.54) is 4.88 Å². The molecule has 0 radical (unpaired) electrons. The summed E-state index contributed by atoms with van der Waals surface area (Å²) >= 11 is 1.80. The van der Waals surface area contributed by atoms with E-state index >= 15 is 0 Å². The van der Waals surface area contributed by atoms with Gasteiger partial charge < -0.3 is 14.4 Å². The molecule has 6 nitrogen and oxygen atoms in total. The van der Waals surface area contributed by atoms with Gasteiger partial charge in [-0.15, -0.1) is 11.3 Å². The maximum Gasteiger partial charge on any atom is 0.236 e. The van der Waals surface area contributed by atoms with Crippen molar-refractivity contribution in [1.29, 1.82) is 0 Å². The summed E-state index contributed by atoms with van der Waals surface area (Å²) < 4.78 is 11.0. The predicted molar refractivity (Wildman–Crippen MR) is 119 cm³/mol. The van der Waals surface area contributed by atoms with Gasteiger partial charge in [0.2, 0.25) is 5.91 Å². The first kappa shape index (κ1) is 21.2. The van der Waals surface area contributed by atoms with Crippen LogP contribution < -0.4 is 9.47 Å². The number of benzene rings is 1. The molecule has 2 saturated heterocycles. The Morgan fingerprint density at radius 3 is 2.63 bits per heavy atom. The van der Waals surface area contributed by atoms with Gasteiger partial charge in [0.15, 0.2) is 0 Å². The molecule has 0 aliphatic carbocycles. The molecular formula is C23H31N3O3S. The Labute approximate surface area is 183 Å². The third kappa shape index (κ3) is 4.79. The minimum Gasteiger partial charge on any atom is -0.497 e. The van der Waals surface area contributed by atoms with Crippen LogP contribution in [0.1, 0.15) is 29.3 Å². The Hall–Kier alpha value is -2.09. The van der Waals surface area contributed by atoms with Gasteiger partial charge in [-0.1, -0.05) is 6.07 Å². The number of piperazine rings is 1. The molecule has 2 aliphatic heterocycles. The number of likely N-dealkylation sites (tertiary alicyclic amines) is 1. The Morgan fingerprint density at radius 2 is 1.93 bits per heavy atom. The van der Waals surface area contributed by atoms with Crippen LogP contribution >= 0.6 is 11.3 Å². The second-order valence-corrected chi connectivity index (χ2v) is 9.00. The number of carbonyl (C=O) groups excluding carboxylic acids is 1. The molecular weight excluding hydrogens is 398 g/mol. The van der Waals surface area contributed by atoms with E-state index in [0.717, 1.165) is 69.2 Å². The van der Waals surface area contributed by atoms with Crippen LogP contribution in [0, 0.1) is 0 Å². The molecule has 0 N–H and O–H groups in total. The van der Waals surface area contributed by atoms with Crippen LogP contribution in [0.3, 0.4) is 0 Å². The summed E-state index contributed by atoms with van der Waals surface area (Å²) in [5.41, 5.74) is 1.11. The van der Waals surface area contributed by atoms with E-state index in [1.54, 1.807) is 25.6 Å². The highest BCUT2D eigenvalue weighted by Gasteiger charge is 2.32. The maximum absolute atomic E-state index is 13.0. The van der Waals surface area contributed by atoms with E-state index in [1.807, 2.05) is 17.0 Å². The van der Waals surface area contributed by atoms with Crippen LogP contribution in [0.4, 0.5) is 0 Å². The van der Waals surface area contributed by atoms with Gasteiger partial charge >= 0.3 is 0 Å². The molecule has 30 heavy (non-hydrogen) atoms. The third-order valence-electron chi connectivity index (χ3n) is 6.18. The molecule has 1 amide bonds. The number of ether oxygens (including phenoxy) is 2. The highest BCUT2D eigenvalue weighted by molar-refractivity contribution is 7.09. The molecule has 0 saturated carbocycles. The number of hydrogen-bond donors (Lipinski definition) is 0. The van der Waals surface area contributed by atoms with Crippen molar-refractivity contribution in [3.63, 3.8) is 0 Å². The first-order chi connectivity index (χ1) is 14.7. The van der Waals surface area contributed by atoms with Crippen LogP contribution in [-0.2, 0) is 11.3 Å². The minimum atomic E-state index is 0.194. The lowest BCUT2D eigenvalue weighted by Crippen LogP contribution is -2.50. The monoisotopic (exact) mass is 429 g/mol. The number of rotatable bonds is 7. The first-order valence-corrected chi connectivity index (χ1v) is 11.5. The van der Waals surface area contributed by atoms with E-state index < -0.39 is 0 Å². The summed E-state index contributed by atoms with van der Waals surface area (Å²) in [5, 5.41) is 2.12. The Kier molecular flexibility index (Phi) is 6.92. The molecule has 1 atom stereocenters. The average molecular weight is 430 g/mol. The lowest BCUT2D eigenvalue weighted by molar-refractivity contribution is -0.134. The number of hydrogen-bond acceptors (Lipinski definition) is 6. The van der Waals surface area contributed by atoms with Crippen LogP contribution in [0.15, 0.2) is 35.7 Å². The second-order valence-electron chi connectivity index (χ2n) is 7.97. The van der Waals surface area contributed by atoms with Crippen molar-refractivity contribution in [1.82, 2.24) is 14.7 Å². The van der Waals surface area contributed by atoms with Crippen LogP contribution in [0.2, 0.25) is 0 Å². The molecule has 0 spiro atoms. The Balaban J connectivity index is 1.35. The van der Waals surface area contributed by atoms with Gasteiger partial charge in [-0.3, -0.25) is 14.6 Å². The molecule has 0 unspecified atom stereocenters. The van der Waals surface area contributed by atoms with Crippen LogP contribution in [0.5, 0.6) is 11.5 Å². The first-order valence-electron chi connectivity index (χ1n) is 10.7. The largest absolute Gasteiger partial charge is 0.497 e. The van der Waals surface area contributed by atoms with Crippen molar-refractivity contribution in [2.45, 2.75) is 25.4 Å². The zero-order valence-electron chi connectivity index (χ0n) is 17.9. The summed E-state index contributed by atoms with van der Waals surface area (Å²) in [4.78, 5) is 21.2. The molecule has 2 aromatic rings. The molecule has 162 valence electrons. The van der Waals surface area contributed by atoms with E-state index in [-0.39, 0.29) is 11.9 Å². The molecule has 2 aliphatic rings. The van der Waals surface area contributed by atoms with Crippen molar-refractivity contribution >= 4 is 17.2 Å². The Morgan fingerprint density at radius 1 is 1.10 bits per heavy atom. The predicted octanol–water partition coefficient (Wildman–Crippen LogP) is 3.25. The van der Waals surface area contributed by atoms with Gasteiger partial charge in [0.25, 0.3) is 0 Å². The highest BCUT2D eigenvalue weighted by Crippen LogP contribution is 2.38. The molecule has 0 bridgehead atoms. The van der Waals surface area contributed by atoms with Crippen molar-refractivity contribution in [2.75, 3.05) is 53.5 Å². The summed E-state index contributed by atoms with van der Waals surface area (Å²) in [5.74, 6) is 1.92. The van der Waals surface area contributed by atoms with E-state index in [4.69, 9.17) is 9.47 Å². The van der Waals surface area contributed by atoms with Crippen molar-refractivity contribution in [3.8, 4) is 11.5 Å². The van der Waals surface area contributed by atoms with Crippen LogP contribution in [0.25, 0.3) is 0 Å². The summed E-state index contributed by atoms with van der Waals surface area (Å²) in [7, 11) is 3.38. The molecule has 7 heteroatoms. The molecule has 3 heterocycles. The van der Waals surface area contributed by atoms with Gasteiger partial charge in [0.1, 0.15) is 11.5 Å². The molecule has 4 rings (SSSR count). The number of methoxy groups -OCH3 is 2. The minimum absolute atomic E-state index is 0.194. The molecule has 1 aromatic carbocycles. The fourth-order valence-corrected chi connectivity index (χ4v) is 5.27. The highest BCUT2D eigenvalue weighted by atomic mass is 32.1. The lowest BCUT2D eigenvalue weighted by Gasteiger charge is -2.36. The lowest BCUT2D eigenvalue weighted by atomic mass is 10.0. The van der Waals surface area contributed by atoms with Crippen molar-refractivity contribution in [2.24, 2.45) is 0 Å². The molecule has 1 aromatic heterocycles. The number of amides is 1. The summed E-state index contributed by atoms with van der Waals surface area (Å²) in [6.07, 6.45) is 2.12. The van der Waals surface area contributed by atoms with E-state index in [9.17, 15) is 4.79 Å². The topological polar surface area (TPSA) is 45.3 Å². The van der Waals surface area contributed by atoms with Gasteiger partial charge in [0.05, 0.1) is 20.8 Å². The van der Waals surface area contributed by atoms with E-state index in [0.29, 0.717) is 6.54 Å². The quantitative estimate of drug-likeness (QED) is 0.676. The summed E-state index contributed by atoms with van der Waals surface area (Å²) in [6.45, 7) is 5.90.